The van der Waals surface area contributed by atoms with Crippen molar-refractivity contribution in [1.29, 1.82) is 0 Å². The Hall–Kier alpha value is -0.730. The summed E-state index contributed by atoms with van der Waals surface area (Å²) >= 11 is 5.82. The van der Waals surface area contributed by atoms with Gasteiger partial charge in [0.1, 0.15) is 12.4 Å². The van der Waals surface area contributed by atoms with Crippen LogP contribution in [0.15, 0.2) is 24.3 Å². The van der Waals surface area contributed by atoms with Gasteiger partial charge in [-0.25, -0.2) is 0 Å². The third-order valence-electron chi connectivity index (χ3n) is 3.64. The lowest BCUT2D eigenvalue weighted by atomic mass is 9.85. The third-order valence-corrected chi connectivity index (χ3v) is 3.89. The Bertz CT molecular complexity index is 346. The van der Waals surface area contributed by atoms with Crippen LogP contribution in [0.4, 0.5) is 0 Å². The maximum absolute atomic E-state index is 6.13. The molecule has 0 aliphatic heterocycles. The molecule has 1 fully saturated rings. The first-order valence-corrected chi connectivity index (χ1v) is 7.26. The van der Waals surface area contributed by atoms with Crippen molar-refractivity contribution in [1.82, 2.24) is 0 Å². The molecule has 0 spiro atoms. The molecule has 1 saturated carbocycles. The average molecular weight is 268 g/mol. The van der Waals surface area contributed by atoms with Gasteiger partial charge in [-0.3, -0.25) is 0 Å². The zero-order valence-corrected chi connectivity index (χ0v) is 11.5. The fourth-order valence-electron chi connectivity index (χ4n) is 2.65. The topological polar surface area (TPSA) is 35.2 Å². The van der Waals surface area contributed by atoms with E-state index in [1.165, 1.54) is 32.1 Å². The summed E-state index contributed by atoms with van der Waals surface area (Å²) in [5.41, 5.74) is 6.13. The molecule has 1 aromatic carbocycles. The molecule has 2 rings (SSSR count). The van der Waals surface area contributed by atoms with Gasteiger partial charge in [0.15, 0.2) is 0 Å². The minimum absolute atomic E-state index is 0.142. The van der Waals surface area contributed by atoms with Gasteiger partial charge in [-0.05, 0) is 36.6 Å². The second-order valence-electron chi connectivity index (χ2n) is 5.26. The van der Waals surface area contributed by atoms with Crippen LogP contribution in [0, 0.1) is 5.92 Å². The van der Waals surface area contributed by atoms with Gasteiger partial charge in [0.05, 0.1) is 0 Å². The molecule has 0 heterocycles. The molecule has 0 aromatic heterocycles. The molecule has 3 heteroatoms. The Balaban J connectivity index is 1.70. The van der Waals surface area contributed by atoms with Crippen molar-refractivity contribution >= 4 is 11.6 Å². The number of hydrogen-bond donors (Lipinski definition) is 1. The van der Waals surface area contributed by atoms with E-state index in [4.69, 9.17) is 22.1 Å². The summed E-state index contributed by atoms with van der Waals surface area (Å²) in [5, 5.41) is 0.730. The fourth-order valence-corrected chi connectivity index (χ4v) is 2.78. The molecular formula is C15H22ClNO. The smallest absolute Gasteiger partial charge is 0.119 e. The van der Waals surface area contributed by atoms with Crippen LogP contribution in [0.25, 0.3) is 0 Å². The van der Waals surface area contributed by atoms with Crippen molar-refractivity contribution in [2.45, 2.75) is 44.6 Å². The van der Waals surface area contributed by atoms with Crippen LogP contribution in [-0.4, -0.2) is 12.6 Å². The van der Waals surface area contributed by atoms with Crippen LogP contribution in [0.2, 0.25) is 5.02 Å². The molecule has 2 N–H and O–H groups in total. The first-order chi connectivity index (χ1) is 8.74. The van der Waals surface area contributed by atoms with Gasteiger partial charge in [-0.15, -0.1) is 0 Å². The summed E-state index contributed by atoms with van der Waals surface area (Å²) in [6.07, 6.45) is 7.91. The quantitative estimate of drug-likeness (QED) is 0.875. The van der Waals surface area contributed by atoms with Crippen molar-refractivity contribution < 1.29 is 4.74 Å². The summed E-state index contributed by atoms with van der Waals surface area (Å²) in [6, 6.07) is 7.59. The lowest BCUT2D eigenvalue weighted by Crippen LogP contribution is -2.31. The number of hydrogen-bond acceptors (Lipinski definition) is 2. The molecule has 2 nitrogen and oxygen atoms in total. The molecular weight excluding hydrogens is 246 g/mol. The molecule has 0 bridgehead atoms. The van der Waals surface area contributed by atoms with Crippen LogP contribution in [0.3, 0.4) is 0 Å². The first-order valence-electron chi connectivity index (χ1n) is 6.88. The summed E-state index contributed by atoms with van der Waals surface area (Å²) in [6.45, 7) is 0.595. The van der Waals surface area contributed by atoms with E-state index < -0.39 is 0 Å². The lowest BCUT2D eigenvalue weighted by Gasteiger charge is -2.24. The van der Waals surface area contributed by atoms with Gasteiger partial charge in [0.2, 0.25) is 0 Å². The van der Waals surface area contributed by atoms with E-state index in [0.717, 1.165) is 23.1 Å². The van der Waals surface area contributed by atoms with Crippen LogP contribution >= 0.6 is 11.6 Å². The van der Waals surface area contributed by atoms with E-state index in [1.54, 1.807) is 0 Å². The van der Waals surface area contributed by atoms with E-state index in [1.807, 2.05) is 24.3 Å². The average Bonchev–Trinajstić information content (AvgIpc) is 2.39. The number of halogens is 1. The van der Waals surface area contributed by atoms with E-state index in [0.29, 0.717) is 6.61 Å². The molecule has 1 unspecified atom stereocenters. The molecule has 1 aromatic rings. The highest BCUT2D eigenvalue weighted by molar-refractivity contribution is 6.30. The molecule has 0 saturated heterocycles. The van der Waals surface area contributed by atoms with Crippen LogP contribution < -0.4 is 10.5 Å². The van der Waals surface area contributed by atoms with E-state index in [-0.39, 0.29) is 6.04 Å². The van der Waals surface area contributed by atoms with Crippen LogP contribution in [0.1, 0.15) is 38.5 Å². The van der Waals surface area contributed by atoms with Crippen molar-refractivity contribution in [2.75, 3.05) is 6.61 Å². The largest absolute Gasteiger partial charge is 0.492 e. The molecule has 1 atom stereocenters. The summed E-state index contributed by atoms with van der Waals surface area (Å²) < 4.78 is 5.68. The van der Waals surface area contributed by atoms with Crippen LogP contribution in [-0.2, 0) is 0 Å². The molecule has 1 aliphatic carbocycles. The number of nitrogens with two attached hydrogens (primary N) is 1. The molecule has 18 heavy (non-hydrogen) atoms. The first kappa shape index (κ1) is 13.7. The predicted molar refractivity (Wildman–Crippen MR) is 76.1 cm³/mol. The fraction of sp³-hybridized carbons (Fsp3) is 0.600. The van der Waals surface area contributed by atoms with Crippen molar-refractivity contribution in [3.05, 3.63) is 29.3 Å². The maximum Gasteiger partial charge on any atom is 0.119 e. The Morgan fingerprint density at radius 1 is 1.17 bits per heavy atom. The Kier molecular flexibility index (Phi) is 5.33. The highest BCUT2D eigenvalue weighted by atomic mass is 35.5. The predicted octanol–water partition coefficient (Wildman–Crippen LogP) is 4.02. The van der Waals surface area contributed by atoms with Gasteiger partial charge in [0, 0.05) is 11.1 Å². The summed E-state index contributed by atoms with van der Waals surface area (Å²) in [7, 11) is 0. The lowest BCUT2D eigenvalue weighted by molar-refractivity contribution is 0.243. The summed E-state index contributed by atoms with van der Waals surface area (Å²) in [5.74, 6) is 1.65. The van der Waals surface area contributed by atoms with Crippen molar-refractivity contribution in [3.8, 4) is 5.75 Å². The number of benzene rings is 1. The molecule has 0 amide bonds. The Morgan fingerprint density at radius 2 is 1.83 bits per heavy atom. The van der Waals surface area contributed by atoms with Gasteiger partial charge >= 0.3 is 0 Å². The van der Waals surface area contributed by atoms with Gasteiger partial charge in [-0.2, -0.15) is 0 Å². The van der Waals surface area contributed by atoms with E-state index in [2.05, 4.69) is 0 Å². The SMILES string of the molecule is NC(COc1ccc(Cl)cc1)CC1CCCCC1. The number of rotatable bonds is 5. The van der Waals surface area contributed by atoms with Gasteiger partial charge in [0.25, 0.3) is 0 Å². The molecule has 0 radical (unpaired) electrons. The Labute approximate surface area is 114 Å². The molecule has 1 aliphatic rings. The van der Waals surface area contributed by atoms with Gasteiger partial charge < -0.3 is 10.5 Å². The maximum atomic E-state index is 6.13. The highest BCUT2D eigenvalue weighted by Gasteiger charge is 2.16. The van der Waals surface area contributed by atoms with E-state index >= 15 is 0 Å². The second-order valence-corrected chi connectivity index (χ2v) is 5.70. The normalized spacial score (nSPS) is 18.6. The van der Waals surface area contributed by atoms with Gasteiger partial charge in [-0.1, -0.05) is 43.7 Å². The highest BCUT2D eigenvalue weighted by Crippen LogP contribution is 2.27. The van der Waals surface area contributed by atoms with E-state index in [9.17, 15) is 0 Å². The second kappa shape index (κ2) is 7.01. The van der Waals surface area contributed by atoms with Crippen molar-refractivity contribution in [3.63, 3.8) is 0 Å². The van der Waals surface area contributed by atoms with Crippen LogP contribution in [0.5, 0.6) is 5.75 Å². The minimum Gasteiger partial charge on any atom is -0.492 e. The number of ether oxygens (including phenoxy) is 1. The Morgan fingerprint density at radius 3 is 2.50 bits per heavy atom. The zero-order chi connectivity index (χ0) is 12.8. The van der Waals surface area contributed by atoms with Crippen molar-refractivity contribution in [2.24, 2.45) is 11.7 Å². The zero-order valence-electron chi connectivity index (χ0n) is 10.8. The standard InChI is InChI=1S/C15H22ClNO/c16-13-6-8-15(9-7-13)18-11-14(17)10-12-4-2-1-3-5-12/h6-9,12,14H,1-5,10-11,17H2. The third kappa shape index (κ3) is 4.51. The summed E-state index contributed by atoms with van der Waals surface area (Å²) in [4.78, 5) is 0. The monoisotopic (exact) mass is 267 g/mol. The minimum atomic E-state index is 0.142. The molecule has 100 valence electrons.